The lowest BCUT2D eigenvalue weighted by Crippen LogP contribution is -2.24. The smallest absolute Gasteiger partial charge is 0.357 e. The number of carbonyl (C=O) groups excluding carboxylic acids is 2. The fraction of sp³-hybridized carbons (Fsp3) is 0.261. The van der Waals surface area contributed by atoms with Crippen LogP contribution >= 0.6 is 27.3 Å². The van der Waals surface area contributed by atoms with Crippen LogP contribution in [-0.4, -0.2) is 30.0 Å². The van der Waals surface area contributed by atoms with E-state index in [1.807, 2.05) is 49.4 Å². The predicted octanol–water partition coefficient (Wildman–Crippen LogP) is 5.04. The van der Waals surface area contributed by atoms with Gasteiger partial charge in [0.15, 0.2) is 10.8 Å². The molecule has 0 aliphatic carbocycles. The molecule has 0 radical (unpaired) electrons. The van der Waals surface area contributed by atoms with E-state index < -0.39 is 5.97 Å². The normalized spacial score (nSPS) is 10.5. The fourth-order valence-electron chi connectivity index (χ4n) is 2.98. The molecule has 0 unspecified atom stereocenters. The number of rotatable bonds is 9. The van der Waals surface area contributed by atoms with Crippen LogP contribution < -0.4 is 10.2 Å². The molecule has 1 amide bonds. The first kappa shape index (κ1) is 23.0. The first-order valence-corrected chi connectivity index (χ1v) is 11.7. The minimum Gasteiger partial charge on any atom is -0.461 e. The maximum absolute atomic E-state index is 12.1. The zero-order valence-corrected chi connectivity index (χ0v) is 19.8. The average Bonchev–Trinajstić information content (AvgIpc) is 3.26. The minimum absolute atomic E-state index is 0.0851. The summed E-state index contributed by atoms with van der Waals surface area (Å²) < 4.78 is 6.08. The number of halogens is 1. The van der Waals surface area contributed by atoms with E-state index in [1.54, 1.807) is 12.3 Å². The summed E-state index contributed by atoms with van der Waals surface area (Å²) in [5.41, 5.74) is 3.08. The van der Waals surface area contributed by atoms with Gasteiger partial charge in [0.05, 0.1) is 6.61 Å². The highest BCUT2D eigenvalue weighted by molar-refractivity contribution is 9.10. The Balaban J connectivity index is 1.85. The van der Waals surface area contributed by atoms with Gasteiger partial charge in [-0.05, 0) is 43.2 Å². The van der Waals surface area contributed by atoms with E-state index in [1.165, 1.54) is 11.3 Å². The van der Waals surface area contributed by atoms with Crippen LogP contribution in [0.3, 0.4) is 0 Å². The van der Waals surface area contributed by atoms with Gasteiger partial charge < -0.3 is 15.0 Å². The lowest BCUT2D eigenvalue weighted by Gasteiger charge is -2.23. The number of nitrogens with zero attached hydrogens (tertiary/aromatic N) is 2. The standard InChI is InChI=1S/C23H24BrN3O3S/c1-3-25-21(28)17-11-9-16(10-12-17)13-27(14-18-7-5-6-8-19(18)24)23-26-20(15-31-23)22(29)30-4-2/h5-12,15H,3-4,13-14H2,1-2H3,(H,25,28). The maximum atomic E-state index is 12.1. The number of benzene rings is 2. The van der Waals surface area contributed by atoms with Gasteiger partial charge in [0.2, 0.25) is 0 Å². The summed E-state index contributed by atoms with van der Waals surface area (Å²) >= 11 is 5.02. The van der Waals surface area contributed by atoms with Crippen molar-refractivity contribution in [2.45, 2.75) is 26.9 Å². The Morgan fingerprint density at radius 1 is 1.10 bits per heavy atom. The average molecular weight is 502 g/mol. The number of aromatic nitrogens is 1. The molecule has 3 aromatic rings. The van der Waals surface area contributed by atoms with Gasteiger partial charge in [0, 0.05) is 35.1 Å². The lowest BCUT2D eigenvalue weighted by molar-refractivity contribution is 0.0520. The molecule has 0 spiro atoms. The second-order valence-corrected chi connectivity index (χ2v) is 8.43. The van der Waals surface area contributed by atoms with Gasteiger partial charge in [-0.25, -0.2) is 9.78 Å². The summed E-state index contributed by atoms with van der Waals surface area (Å²) in [4.78, 5) is 30.7. The molecule has 1 heterocycles. The molecule has 0 saturated carbocycles. The van der Waals surface area contributed by atoms with Crippen molar-refractivity contribution >= 4 is 44.3 Å². The van der Waals surface area contributed by atoms with Gasteiger partial charge >= 0.3 is 5.97 Å². The third-order valence-corrected chi connectivity index (χ3v) is 6.17. The Labute approximate surface area is 194 Å². The van der Waals surface area contributed by atoms with Gasteiger partial charge in [-0.1, -0.05) is 46.3 Å². The van der Waals surface area contributed by atoms with Gasteiger partial charge in [0.25, 0.3) is 5.91 Å². The van der Waals surface area contributed by atoms with E-state index in [0.717, 1.165) is 20.7 Å². The number of carbonyl (C=O) groups is 2. The minimum atomic E-state index is -0.419. The van der Waals surface area contributed by atoms with Gasteiger partial charge in [0.1, 0.15) is 0 Å². The summed E-state index contributed by atoms with van der Waals surface area (Å²) in [5, 5.41) is 5.25. The first-order chi connectivity index (χ1) is 15.0. The zero-order chi connectivity index (χ0) is 22.2. The predicted molar refractivity (Wildman–Crippen MR) is 127 cm³/mol. The summed E-state index contributed by atoms with van der Waals surface area (Å²) in [5.74, 6) is -0.504. The van der Waals surface area contributed by atoms with E-state index in [0.29, 0.717) is 37.5 Å². The van der Waals surface area contributed by atoms with Crippen LogP contribution in [0.2, 0.25) is 0 Å². The molecule has 0 bridgehead atoms. The Bertz CT molecular complexity index is 1040. The van der Waals surface area contributed by atoms with Crippen molar-refractivity contribution in [3.8, 4) is 0 Å². The Morgan fingerprint density at radius 3 is 2.52 bits per heavy atom. The molecule has 1 N–H and O–H groups in total. The summed E-state index contributed by atoms with van der Waals surface area (Å²) in [7, 11) is 0. The van der Waals surface area contributed by atoms with E-state index in [9.17, 15) is 9.59 Å². The molecule has 3 rings (SSSR count). The lowest BCUT2D eigenvalue weighted by atomic mass is 10.1. The van der Waals surface area contributed by atoms with Crippen LogP contribution in [0.1, 0.15) is 45.8 Å². The van der Waals surface area contributed by atoms with Crippen molar-refractivity contribution in [1.82, 2.24) is 10.3 Å². The SMILES string of the molecule is CCNC(=O)c1ccc(CN(Cc2ccccc2Br)c2nc(C(=O)OCC)cs2)cc1. The molecule has 0 atom stereocenters. The van der Waals surface area contributed by atoms with Gasteiger partial charge in [-0.3, -0.25) is 4.79 Å². The van der Waals surface area contributed by atoms with Crippen molar-refractivity contribution in [3.63, 3.8) is 0 Å². The van der Waals surface area contributed by atoms with E-state index in [4.69, 9.17) is 4.74 Å². The molecular weight excluding hydrogens is 478 g/mol. The monoisotopic (exact) mass is 501 g/mol. The van der Waals surface area contributed by atoms with Crippen LogP contribution in [0.25, 0.3) is 0 Å². The summed E-state index contributed by atoms with van der Waals surface area (Å²) in [6, 6.07) is 15.5. The number of esters is 1. The molecular formula is C23H24BrN3O3S. The number of thiazole rings is 1. The second-order valence-electron chi connectivity index (χ2n) is 6.74. The summed E-state index contributed by atoms with van der Waals surface area (Å²) in [6.45, 7) is 5.75. The van der Waals surface area contributed by atoms with Crippen LogP contribution in [0.5, 0.6) is 0 Å². The molecule has 8 heteroatoms. The molecule has 6 nitrogen and oxygen atoms in total. The van der Waals surface area contributed by atoms with E-state index in [-0.39, 0.29) is 5.91 Å². The highest BCUT2D eigenvalue weighted by Crippen LogP contribution is 2.27. The number of ether oxygens (including phenoxy) is 1. The largest absolute Gasteiger partial charge is 0.461 e. The van der Waals surface area contributed by atoms with Crippen LogP contribution in [-0.2, 0) is 17.8 Å². The first-order valence-electron chi connectivity index (χ1n) is 10.00. The Kier molecular flexibility index (Phi) is 8.20. The molecule has 0 fully saturated rings. The summed E-state index contributed by atoms with van der Waals surface area (Å²) in [6.07, 6.45) is 0. The number of hydrogen-bond acceptors (Lipinski definition) is 6. The molecule has 162 valence electrons. The Morgan fingerprint density at radius 2 is 1.84 bits per heavy atom. The topological polar surface area (TPSA) is 71.5 Å². The molecule has 31 heavy (non-hydrogen) atoms. The number of amides is 1. The van der Waals surface area contributed by atoms with Crippen molar-refractivity contribution < 1.29 is 14.3 Å². The zero-order valence-electron chi connectivity index (χ0n) is 17.4. The third kappa shape index (κ3) is 6.15. The van der Waals surface area contributed by atoms with Crippen molar-refractivity contribution in [2.24, 2.45) is 0 Å². The van der Waals surface area contributed by atoms with Gasteiger partial charge in [-0.15, -0.1) is 11.3 Å². The molecule has 2 aromatic carbocycles. The van der Waals surface area contributed by atoms with Crippen molar-refractivity contribution in [3.05, 3.63) is 80.8 Å². The van der Waals surface area contributed by atoms with Crippen molar-refractivity contribution in [2.75, 3.05) is 18.1 Å². The van der Waals surface area contributed by atoms with E-state index >= 15 is 0 Å². The van der Waals surface area contributed by atoms with Crippen LogP contribution in [0.4, 0.5) is 5.13 Å². The van der Waals surface area contributed by atoms with Crippen LogP contribution in [0, 0.1) is 0 Å². The molecule has 0 saturated heterocycles. The van der Waals surface area contributed by atoms with Gasteiger partial charge in [-0.2, -0.15) is 0 Å². The quantitative estimate of drug-likeness (QED) is 0.416. The molecule has 0 aliphatic heterocycles. The fourth-order valence-corrected chi connectivity index (χ4v) is 4.18. The number of hydrogen-bond donors (Lipinski definition) is 1. The highest BCUT2D eigenvalue weighted by Gasteiger charge is 2.18. The number of anilines is 1. The second kappa shape index (κ2) is 11.1. The van der Waals surface area contributed by atoms with Crippen molar-refractivity contribution in [1.29, 1.82) is 0 Å². The third-order valence-electron chi connectivity index (χ3n) is 4.49. The van der Waals surface area contributed by atoms with E-state index in [2.05, 4.69) is 37.2 Å². The molecule has 0 aliphatic rings. The maximum Gasteiger partial charge on any atom is 0.357 e. The Hall–Kier alpha value is -2.71. The van der Waals surface area contributed by atoms with Crippen LogP contribution in [0.15, 0.2) is 58.4 Å². The molecule has 1 aromatic heterocycles. The number of nitrogens with one attached hydrogen (secondary N) is 1. The highest BCUT2D eigenvalue weighted by atomic mass is 79.9.